The highest BCUT2D eigenvalue weighted by Crippen LogP contribution is 2.35. The maximum atomic E-state index is 6.15. The minimum atomic E-state index is 0.149. The van der Waals surface area contributed by atoms with Crippen molar-refractivity contribution >= 4 is 34.5 Å². The van der Waals surface area contributed by atoms with Gasteiger partial charge in [-0.05, 0) is 37.1 Å². The lowest BCUT2D eigenvalue weighted by atomic mass is 10.1. The second-order valence-corrected chi connectivity index (χ2v) is 6.46. The monoisotopic (exact) mass is 300 g/mol. The molecular weight excluding hydrogens is 287 g/mol. The maximum absolute atomic E-state index is 6.15. The SMILES string of the molecule is CC(NC(C)c1cc(Cl)sc1Cl)c1cccnc1. The Labute approximate surface area is 121 Å². The first kappa shape index (κ1) is 13.8. The lowest BCUT2D eigenvalue weighted by molar-refractivity contribution is 0.495. The molecule has 2 aromatic heterocycles. The number of aromatic nitrogens is 1. The van der Waals surface area contributed by atoms with Crippen LogP contribution in [0.5, 0.6) is 0 Å². The van der Waals surface area contributed by atoms with Gasteiger partial charge in [0.2, 0.25) is 0 Å². The summed E-state index contributed by atoms with van der Waals surface area (Å²) in [7, 11) is 0. The first-order chi connectivity index (χ1) is 8.58. The van der Waals surface area contributed by atoms with Crippen molar-refractivity contribution in [2.24, 2.45) is 0 Å². The molecule has 18 heavy (non-hydrogen) atoms. The van der Waals surface area contributed by atoms with Gasteiger partial charge in [-0.3, -0.25) is 4.98 Å². The largest absolute Gasteiger partial charge is 0.304 e. The van der Waals surface area contributed by atoms with E-state index < -0.39 is 0 Å². The number of rotatable bonds is 4. The molecule has 0 fully saturated rings. The molecule has 2 atom stereocenters. The molecule has 0 saturated carbocycles. The summed E-state index contributed by atoms with van der Waals surface area (Å²) in [5, 5.41) is 3.49. The number of thiophene rings is 1. The van der Waals surface area contributed by atoms with E-state index in [9.17, 15) is 0 Å². The summed E-state index contributed by atoms with van der Waals surface area (Å²) in [6, 6.07) is 6.27. The van der Waals surface area contributed by atoms with Crippen LogP contribution in [0.2, 0.25) is 8.67 Å². The van der Waals surface area contributed by atoms with Gasteiger partial charge in [0.05, 0.1) is 8.67 Å². The van der Waals surface area contributed by atoms with Crippen LogP contribution in [0, 0.1) is 0 Å². The first-order valence-electron chi connectivity index (χ1n) is 5.68. The molecule has 2 unspecified atom stereocenters. The predicted molar refractivity (Wildman–Crippen MR) is 78.5 cm³/mol. The van der Waals surface area contributed by atoms with Crippen molar-refractivity contribution in [1.82, 2.24) is 10.3 Å². The molecule has 2 heterocycles. The zero-order chi connectivity index (χ0) is 13.1. The number of nitrogens with zero attached hydrogens (tertiary/aromatic N) is 1. The van der Waals surface area contributed by atoms with E-state index >= 15 is 0 Å². The van der Waals surface area contributed by atoms with Crippen molar-refractivity contribution in [2.75, 3.05) is 0 Å². The van der Waals surface area contributed by atoms with Gasteiger partial charge in [-0.25, -0.2) is 0 Å². The first-order valence-corrected chi connectivity index (χ1v) is 7.26. The molecule has 2 rings (SSSR count). The van der Waals surface area contributed by atoms with E-state index in [-0.39, 0.29) is 12.1 Å². The highest BCUT2D eigenvalue weighted by molar-refractivity contribution is 7.20. The summed E-state index contributed by atoms with van der Waals surface area (Å²) in [6.45, 7) is 4.19. The van der Waals surface area contributed by atoms with E-state index in [0.717, 1.165) is 19.8 Å². The summed E-state index contributed by atoms with van der Waals surface area (Å²) in [4.78, 5) is 4.12. The van der Waals surface area contributed by atoms with Gasteiger partial charge >= 0.3 is 0 Å². The van der Waals surface area contributed by atoms with Crippen LogP contribution >= 0.6 is 34.5 Å². The van der Waals surface area contributed by atoms with Gasteiger partial charge in [-0.2, -0.15) is 0 Å². The van der Waals surface area contributed by atoms with Crippen LogP contribution in [0.25, 0.3) is 0 Å². The van der Waals surface area contributed by atoms with Gasteiger partial charge in [-0.1, -0.05) is 29.3 Å². The minimum absolute atomic E-state index is 0.149. The molecule has 96 valence electrons. The average molecular weight is 301 g/mol. The third-order valence-electron chi connectivity index (χ3n) is 2.83. The average Bonchev–Trinajstić information content (AvgIpc) is 2.69. The minimum Gasteiger partial charge on any atom is -0.304 e. The maximum Gasteiger partial charge on any atom is 0.0991 e. The molecule has 0 radical (unpaired) electrons. The van der Waals surface area contributed by atoms with Crippen molar-refractivity contribution in [2.45, 2.75) is 25.9 Å². The third kappa shape index (κ3) is 3.23. The molecule has 0 aromatic carbocycles. The Hall–Kier alpha value is -0.610. The van der Waals surface area contributed by atoms with Gasteiger partial charge in [0.15, 0.2) is 0 Å². The molecule has 0 aliphatic carbocycles. The topological polar surface area (TPSA) is 24.9 Å². The second kappa shape index (κ2) is 6.02. The van der Waals surface area contributed by atoms with Crippen LogP contribution in [-0.2, 0) is 0 Å². The molecule has 2 aromatic rings. The second-order valence-electron chi connectivity index (χ2n) is 4.18. The van der Waals surface area contributed by atoms with Gasteiger partial charge in [0, 0.05) is 24.5 Å². The van der Waals surface area contributed by atoms with E-state index in [1.54, 1.807) is 6.20 Å². The van der Waals surface area contributed by atoms with Gasteiger partial charge in [0.1, 0.15) is 0 Å². The fourth-order valence-electron chi connectivity index (χ4n) is 1.84. The summed E-state index contributed by atoms with van der Waals surface area (Å²) in [5.74, 6) is 0. The summed E-state index contributed by atoms with van der Waals surface area (Å²) >= 11 is 13.5. The highest BCUT2D eigenvalue weighted by atomic mass is 35.5. The standard InChI is InChI=1S/C13H14Cl2N2S/c1-8(10-4-3-5-16-7-10)17-9(2)11-6-12(14)18-13(11)15/h3-9,17H,1-2H3. The van der Waals surface area contributed by atoms with Crippen molar-refractivity contribution in [3.05, 3.63) is 50.4 Å². The van der Waals surface area contributed by atoms with E-state index in [2.05, 4.69) is 30.2 Å². The van der Waals surface area contributed by atoms with Crippen molar-refractivity contribution in [1.29, 1.82) is 0 Å². The fourth-order valence-corrected chi connectivity index (χ4v) is 3.49. The Morgan fingerprint density at radius 1 is 1.28 bits per heavy atom. The Morgan fingerprint density at radius 3 is 2.61 bits per heavy atom. The number of hydrogen-bond donors (Lipinski definition) is 1. The van der Waals surface area contributed by atoms with E-state index in [4.69, 9.17) is 23.2 Å². The Balaban J connectivity index is 2.08. The number of pyridine rings is 1. The molecular formula is C13H14Cl2N2S. The molecule has 1 N–H and O–H groups in total. The van der Waals surface area contributed by atoms with Crippen LogP contribution < -0.4 is 5.32 Å². The normalized spacial score (nSPS) is 14.4. The van der Waals surface area contributed by atoms with E-state index in [1.807, 2.05) is 18.3 Å². The molecule has 0 aliphatic heterocycles. The van der Waals surface area contributed by atoms with Crippen LogP contribution in [0.4, 0.5) is 0 Å². The van der Waals surface area contributed by atoms with Crippen molar-refractivity contribution < 1.29 is 0 Å². The Morgan fingerprint density at radius 2 is 2.06 bits per heavy atom. The lowest BCUT2D eigenvalue weighted by Gasteiger charge is -2.19. The molecule has 0 bridgehead atoms. The molecule has 0 saturated heterocycles. The number of nitrogens with one attached hydrogen (secondary N) is 1. The van der Waals surface area contributed by atoms with Crippen molar-refractivity contribution in [3.63, 3.8) is 0 Å². The lowest BCUT2D eigenvalue weighted by Crippen LogP contribution is -2.22. The van der Waals surface area contributed by atoms with E-state index in [1.165, 1.54) is 11.3 Å². The summed E-state index contributed by atoms with van der Waals surface area (Å²) in [5.41, 5.74) is 2.20. The third-order valence-corrected chi connectivity index (χ3v) is 4.35. The quantitative estimate of drug-likeness (QED) is 0.872. The van der Waals surface area contributed by atoms with Gasteiger partial charge in [0.25, 0.3) is 0 Å². The Bertz CT molecular complexity index is 513. The van der Waals surface area contributed by atoms with Crippen LogP contribution in [0.3, 0.4) is 0 Å². The van der Waals surface area contributed by atoms with Gasteiger partial charge in [-0.15, -0.1) is 11.3 Å². The van der Waals surface area contributed by atoms with Crippen molar-refractivity contribution in [3.8, 4) is 0 Å². The molecule has 2 nitrogen and oxygen atoms in total. The zero-order valence-corrected chi connectivity index (χ0v) is 12.5. The summed E-state index contributed by atoms with van der Waals surface area (Å²) < 4.78 is 1.47. The van der Waals surface area contributed by atoms with Crippen LogP contribution in [0.15, 0.2) is 30.6 Å². The number of hydrogen-bond acceptors (Lipinski definition) is 3. The van der Waals surface area contributed by atoms with Gasteiger partial charge < -0.3 is 5.32 Å². The molecule has 0 amide bonds. The zero-order valence-electron chi connectivity index (χ0n) is 10.2. The van der Waals surface area contributed by atoms with E-state index in [0.29, 0.717) is 0 Å². The summed E-state index contributed by atoms with van der Waals surface area (Å²) in [6.07, 6.45) is 3.64. The fraction of sp³-hybridized carbons (Fsp3) is 0.308. The smallest absolute Gasteiger partial charge is 0.0991 e. The highest BCUT2D eigenvalue weighted by Gasteiger charge is 2.16. The molecule has 5 heteroatoms. The predicted octanol–water partition coefficient (Wildman–Crippen LogP) is 4.86. The van der Waals surface area contributed by atoms with Crippen LogP contribution in [-0.4, -0.2) is 4.98 Å². The number of halogens is 2. The molecule has 0 aliphatic rings. The Kier molecular flexibility index (Phi) is 4.62. The van der Waals surface area contributed by atoms with Crippen LogP contribution in [0.1, 0.15) is 37.1 Å². The molecule has 0 spiro atoms.